The van der Waals surface area contributed by atoms with Gasteiger partial charge >= 0.3 is 0 Å². The monoisotopic (exact) mass is 210 g/mol. The predicted octanol–water partition coefficient (Wildman–Crippen LogP) is 3.76. The Hall–Kier alpha value is -0.0400. The van der Waals surface area contributed by atoms with Gasteiger partial charge in [-0.3, -0.25) is 0 Å². The quantitative estimate of drug-likeness (QED) is 0.662. The van der Waals surface area contributed by atoms with Crippen molar-refractivity contribution in [1.29, 1.82) is 0 Å². The number of hydrogen-bond acceptors (Lipinski definition) is 1. The standard InChI is InChI=1S/C14H26O/c1-2-3-4-5-8-14(11-15)10-12-6-7-13(14)9-12/h12-13,15H,2-11H2,1H3. The summed E-state index contributed by atoms with van der Waals surface area (Å²) in [7, 11) is 0. The Morgan fingerprint density at radius 2 is 2.07 bits per heavy atom. The minimum atomic E-state index is 0.358. The van der Waals surface area contributed by atoms with E-state index in [9.17, 15) is 5.11 Å². The van der Waals surface area contributed by atoms with Crippen LogP contribution in [0.5, 0.6) is 0 Å². The lowest BCUT2D eigenvalue weighted by molar-refractivity contribution is 0.0536. The zero-order valence-corrected chi connectivity index (χ0v) is 10.2. The van der Waals surface area contributed by atoms with E-state index in [0.717, 1.165) is 11.8 Å². The molecule has 1 nitrogen and oxygen atoms in total. The number of aliphatic hydroxyl groups is 1. The van der Waals surface area contributed by atoms with E-state index in [1.54, 1.807) is 0 Å². The molecule has 1 heteroatoms. The fourth-order valence-corrected chi connectivity index (χ4v) is 4.04. The first-order valence-corrected chi connectivity index (χ1v) is 6.91. The van der Waals surface area contributed by atoms with E-state index >= 15 is 0 Å². The number of unbranched alkanes of at least 4 members (excludes halogenated alkanes) is 3. The second-order valence-electron chi connectivity index (χ2n) is 5.91. The molecule has 1 N–H and O–H groups in total. The highest BCUT2D eigenvalue weighted by atomic mass is 16.3. The van der Waals surface area contributed by atoms with E-state index in [2.05, 4.69) is 6.92 Å². The van der Waals surface area contributed by atoms with E-state index in [4.69, 9.17) is 0 Å². The van der Waals surface area contributed by atoms with Crippen molar-refractivity contribution in [3.05, 3.63) is 0 Å². The summed E-state index contributed by atoms with van der Waals surface area (Å²) in [6.45, 7) is 2.72. The van der Waals surface area contributed by atoms with Crippen LogP contribution in [0.4, 0.5) is 0 Å². The molecule has 0 aromatic heterocycles. The molecular formula is C14H26O. The molecule has 15 heavy (non-hydrogen) atoms. The van der Waals surface area contributed by atoms with Crippen molar-refractivity contribution in [2.75, 3.05) is 6.61 Å². The second-order valence-corrected chi connectivity index (χ2v) is 5.91. The summed E-state index contributed by atoms with van der Waals surface area (Å²) in [5.74, 6) is 1.84. The van der Waals surface area contributed by atoms with Crippen LogP contribution < -0.4 is 0 Å². The van der Waals surface area contributed by atoms with E-state index in [-0.39, 0.29) is 0 Å². The lowest BCUT2D eigenvalue weighted by atomic mass is 9.70. The minimum Gasteiger partial charge on any atom is -0.396 e. The van der Waals surface area contributed by atoms with Gasteiger partial charge in [0.15, 0.2) is 0 Å². The van der Waals surface area contributed by atoms with Crippen molar-refractivity contribution in [1.82, 2.24) is 0 Å². The van der Waals surface area contributed by atoms with Gasteiger partial charge in [-0.1, -0.05) is 39.0 Å². The van der Waals surface area contributed by atoms with Gasteiger partial charge in [0.05, 0.1) is 0 Å². The predicted molar refractivity (Wildman–Crippen MR) is 63.7 cm³/mol. The smallest absolute Gasteiger partial charge is 0.0490 e. The van der Waals surface area contributed by atoms with Crippen molar-refractivity contribution in [2.45, 2.75) is 64.7 Å². The Bertz CT molecular complexity index is 202. The Kier molecular flexibility index (Phi) is 3.71. The average molecular weight is 210 g/mol. The maximum absolute atomic E-state index is 9.70. The van der Waals surface area contributed by atoms with Crippen molar-refractivity contribution >= 4 is 0 Å². The highest BCUT2D eigenvalue weighted by Crippen LogP contribution is 2.57. The number of fused-ring (bicyclic) bond motifs is 2. The van der Waals surface area contributed by atoms with Crippen LogP contribution in [-0.4, -0.2) is 11.7 Å². The molecule has 2 rings (SSSR count). The van der Waals surface area contributed by atoms with E-state index < -0.39 is 0 Å². The van der Waals surface area contributed by atoms with Gasteiger partial charge in [0.25, 0.3) is 0 Å². The lowest BCUT2D eigenvalue weighted by Gasteiger charge is -2.36. The van der Waals surface area contributed by atoms with Crippen LogP contribution in [0.3, 0.4) is 0 Å². The van der Waals surface area contributed by atoms with Gasteiger partial charge < -0.3 is 5.11 Å². The number of rotatable bonds is 6. The maximum Gasteiger partial charge on any atom is 0.0490 e. The normalized spacial score (nSPS) is 38.8. The molecule has 0 amide bonds. The highest BCUT2D eigenvalue weighted by molar-refractivity contribution is 4.99. The second kappa shape index (κ2) is 4.86. The lowest BCUT2D eigenvalue weighted by Crippen LogP contribution is -2.31. The van der Waals surface area contributed by atoms with Crippen molar-refractivity contribution in [3.63, 3.8) is 0 Å². The molecule has 3 unspecified atom stereocenters. The molecule has 0 radical (unpaired) electrons. The van der Waals surface area contributed by atoms with E-state index in [0.29, 0.717) is 12.0 Å². The van der Waals surface area contributed by atoms with Gasteiger partial charge in [-0.25, -0.2) is 0 Å². The van der Waals surface area contributed by atoms with Gasteiger partial charge in [-0.15, -0.1) is 0 Å². The zero-order valence-electron chi connectivity index (χ0n) is 10.2. The van der Waals surface area contributed by atoms with Crippen LogP contribution in [0.1, 0.15) is 64.7 Å². The van der Waals surface area contributed by atoms with E-state index in [1.807, 2.05) is 0 Å². The fourth-order valence-electron chi connectivity index (χ4n) is 4.04. The van der Waals surface area contributed by atoms with Crippen LogP contribution in [-0.2, 0) is 0 Å². The zero-order chi connectivity index (χ0) is 10.7. The van der Waals surface area contributed by atoms with Crippen LogP contribution in [0.2, 0.25) is 0 Å². The maximum atomic E-state index is 9.70. The summed E-state index contributed by atoms with van der Waals surface area (Å²) in [5.41, 5.74) is 0.358. The molecule has 88 valence electrons. The molecule has 2 saturated carbocycles. The Morgan fingerprint density at radius 1 is 1.20 bits per heavy atom. The van der Waals surface area contributed by atoms with Gasteiger partial charge in [0.1, 0.15) is 0 Å². The average Bonchev–Trinajstić information content (AvgIpc) is 2.85. The van der Waals surface area contributed by atoms with Crippen molar-refractivity contribution < 1.29 is 5.11 Å². The molecule has 0 aromatic rings. The first kappa shape index (κ1) is 11.4. The molecule has 0 saturated heterocycles. The Labute approximate surface area is 94.3 Å². The topological polar surface area (TPSA) is 20.2 Å². The first-order valence-electron chi connectivity index (χ1n) is 6.91. The third-order valence-corrected chi connectivity index (χ3v) is 4.95. The Morgan fingerprint density at radius 3 is 2.60 bits per heavy atom. The van der Waals surface area contributed by atoms with E-state index in [1.165, 1.54) is 57.8 Å². The number of hydrogen-bond donors (Lipinski definition) is 1. The molecule has 0 spiro atoms. The van der Waals surface area contributed by atoms with Gasteiger partial charge in [0.2, 0.25) is 0 Å². The van der Waals surface area contributed by atoms with Crippen LogP contribution in [0, 0.1) is 17.3 Å². The molecule has 2 aliphatic rings. The Balaban J connectivity index is 1.81. The van der Waals surface area contributed by atoms with Crippen LogP contribution in [0.15, 0.2) is 0 Å². The third-order valence-electron chi connectivity index (χ3n) is 4.95. The minimum absolute atomic E-state index is 0.358. The molecular weight excluding hydrogens is 184 g/mol. The molecule has 3 atom stereocenters. The molecule has 2 aliphatic carbocycles. The summed E-state index contributed by atoms with van der Waals surface area (Å²) in [6, 6.07) is 0. The summed E-state index contributed by atoms with van der Waals surface area (Å²) < 4.78 is 0. The summed E-state index contributed by atoms with van der Waals surface area (Å²) in [5, 5.41) is 9.70. The third kappa shape index (κ3) is 2.22. The van der Waals surface area contributed by atoms with Gasteiger partial charge in [-0.05, 0) is 42.9 Å². The SMILES string of the molecule is CCCCCCC1(CO)CC2CCC1C2. The van der Waals surface area contributed by atoms with Crippen LogP contribution in [0.25, 0.3) is 0 Å². The van der Waals surface area contributed by atoms with Gasteiger partial charge in [0, 0.05) is 6.61 Å². The van der Waals surface area contributed by atoms with Crippen molar-refractivity contribution in [3.8, 4) is 0 Å². The molecule has 2 fully saturated rings. The largest absolute Gasteiger partial charge is 0.396 e. The molecule has 2 bridgehead atoms. The first-order chi connectivity index (χ1) is 7.30. The molecule has 0 heterocycles. The van der Waals surface area contributed by atoms with Crippen LogP contribution >= 0.6 is 0 Å². The number of aliphatic hydroxyl groups excluding tert-OH is 1. The highest BCUT2D eigenvalue weighted by Gasteiger charge is 2.49. The molecule has 0 aliphatic heterocycles. The molecule has 0 aromatic carbocycles. The summed E-state index contributed by atoms with van der Waals surface area (Å²) >= 11 is 0. The fraction of sp³-hybridized carbons (Fsp3) is 1.00. The summed E-state index contributed by atoms with van der Waals surface area (Å²) in [6.07, 6.45) is 12.3. The van der Waals surface area contributed by atoms with Gasteiger partial charge in [-0.2, -0.15) is 0 Å². The summed E-state index contributed by atoms with van der Waals surface area (Å²) in [4.78, 5) is 0. The van der Waals surface area contributed by atoms with Crippen molar-refractivity contribution in [2.24, 2.45) is 17.3 Å².